The average molecular weight is 520 g/mol. The summed E-state index contributed by atoms with van der Waals surface area (Å²) in [7, 11) is 1.90. The quantitative estimate of drug-likeness (QED) is 0.345. The topological polar surface area (TPSA) is 80.0 Å². The molecule has 39 heavy (non-hydrogen) atoms. The normalized spacial score (nSPS) is 18.3. The van der Waals surface area contributed by atoms with Gasteiger partial charge in [0.15, 0.2) is 0 Å². The highest BCUT2D eigenvalue weighted by Gasteiger charge is 2.47. The molecule has 0 spiro atoms. The summed E-state index contributed by atoms with van der Waals surface area (Å²) in [6.45, 7) is 1.42. The van der Waals surface area contributed by atoms with E-state index in [4.69, 9.17) is 9.97 Å². The first-order valence-electron chi connectivity index (χ1n) is 13.0. The van der Waals surface area contributed by atoms with Gasteiger partial charge in [0.2, 0.25) is 5.91 Å². The van der Waals surface area contributed by atoms with Crippen LogP contribution in [0.4, 0.5) is 10.2 Å². The second-order valence-electron chi connectivity index (χ2n) is 10.3. The number of pyridine rings is 1. The molecule has 0 aliphatic carbocycles. The highest BCUT2D eigenvalue weighted by atomic mass is 19.1. The Labute approximate surface area is 224 Å². The highest BCUT2D eigenvalue weighted by molar-refractivity contribution is 5.97. The Morgan fingerprint density at radius 1 is 0.974 bits per heavy atom. The van der Waals surface area contributed by atoms with Crippen LogP contribution in [0.15, 0.2) is 79.5 Å². The number of hydrogen-bond donors (Lipinski definition) is 0. The van der Waals surface area contributed by atoms with E-state index in [9.17, 15) is 9.18 Å². The lowest BCUT2D eigenvalue weighted by atomic mass is 9.86. The molecule has 8 rings (SSSR count). The summed E-state index contributed by atoms with van der Waals surface area (Å²) >= 11 is 0. The van der Waals surface area contributed by atoms with Crippen molar-refractivity contribution in [2.45, 2.75) is 24.9 Å². The summed E-state index contributed by atoms with van der Waals surface area (Å²) in [5.41, 5.74) is 5.37. The fourth-order valence-corrected chi connectivity index (χ4v) is 5.87. The summed E-state index contributed by atoms with van der Waals surface area (Å²) in [6.07, 6.45) is 10.5. The van der Waals surface area contributed by atoms with E-state index < -0.39 is 0 Å². The summed E-state index contributed by atoms with van der Waals surface area (Å²) in [4.78, 5) is 31.3. The number of halogens is 1. The number of nitrogens with zero attached hydrogens (tertiary/aromatic N) is 7. The van der Waals surface area contributed by atoms with Crippen molar-refractivity contribution in [1.82, 2.24) is 29.6 Å². The van der Waals surface area contributed by atoms with Gasteiger partial charge in [-0.25, -0.2) is 9.37 Å². The van der Waals surface area contributed by atoms with Crippen LogP contribution in [0.2, 0.25) is 0 Å². The van der Waals surface area contributed by atoms with E-state index in [1.165, 1.54) is 12.1 Å². The molecule has 3 fully saturated rings. The molecule has 3 aliphatic heterocycles. The van der Waals surface area contributed by atoms with Crippen molar-refractivity contribution in [2.75, 3.05) is 18.0 Å². The fraction of sp³-hybridized carbons (Fsp3) is 0.233. The third kappa shape index (κ3) is 4.29. The van der Waals surface area contributed by atoms with Crippen molar-refractivity contribution in [3.63, 3.8) is 0 Å². The van der Waals surface area contributed by atoms with Crippen molar-refractivity contribution < 1.29 is 9.18 Å². The molecule has 3 aromatic heterocycles. The number of benzene rings is 2. The van der Waals surface area contributed by atoms with Crippen LogP contribution in [0.25, 0.3) is 33.3 Å². The number of hydrogen-bond acceptors (Lipinski definition) is 6. The van der Waals surface area contributed by atoms with Crippen LogP contribution in [0, 0.1) is 5.82 Å². The van der Waals surface area contributed by atoms with Crippen LogP contribution in [-0.2, 0) is 18.3 Å². The van der Waals surface area contributed by atoms with Crippen LogP contribution in [-0.4, -0.2) is 60.7 Å². The molecule has 9 heteroatoms. The summed E-state index contributed by atoms with van der Waals surface area (Å²) in [6, 6.07) is 14.7. The van der Waals surface area contributed by atoms with Crippen LogP contribution in [0.1, 0.15) is 12.0 Å². The SMILES string of the molecule is Cn1cc(-c2cc(-c3cnc(N4CC5CC(C4)N5C(=O)Cc4cccc(F)c4)cn3)c3cccnc3c2)cn1. The molecule has 5 aromatic rings. The standard InChI is InChI=1S/C30H26FN7O/c1-36-16-21(13-35-36)20-10-26(25-6-3-7-32-27(25)11-20)28-14-34-29(15-33-28)37-17-23-12-24(18-37)38(23)30(39)9-19-4-2-5-22(31)8-19/h2-8,10-11,13-16,23-24H,9,12,17-18H2,1H3. The predicted molar refractivity (Wildman–Crippen MR) is 146 cm³/mol. The van der Waals surface area contributed by atoms with Gasteiger partial charge >= 0.3 is 0 Å². The van der Waals surface area contributed by atoms with Gasteiger partial charge < -0.3 is 9.80 Å². The van der Waals surface area contributed by atoms with Crippen molar-refractivity contribution in [3.05, 3.63) is 90.9 Å². The maximum Gasteiger partial charge on any atom is 0.227 e. The monoisotopic (exact) mass is 519 g/mol. The molecule has 0 N–H and O–H groups in total. The zero-order valence-electron chi connectivity index (χ0n) is 21.4. The number of aromatic nitrogens is 5. The van der Waals surface area contributed by atoms with Crippen molar-refractivity contribution in [1.29, 1.82) is 0 Å². The Balaban J connectivity index is 1.10. The first-order chi connectivity index (χ1) is 19.0. The highest BCUT2D eigenvalue weighted by Crippen LogP contribution is 2.36. The third-order valence-corrected chi connectivity index (χ3v) is 7.72. The van der Waals surface area contributed by atoms with E-state index >= 15 is 0 Å². The Kier molecular flexibility index (Phi) is 5.57. The van der Waals surface area contributed by atoms with Crippen LogP contribution in [0.3, 0.4) is 0 Å². The van der Waals surface area contributed by atoms with Gasteiger partial charge in [-0.2, -0.15) is 5.10 Å². The molecule has 2 atom stereocenters. The van der Waals surface area contributed by atoms with Gasteiger partial charge in [-0.15, -0.1) is 0 Å². The minimum atomic E-state index is -0.314. The average Bonchev–Trinajstić information content (AvgIpc) is 3.39. The molecule has 2 unspecified atom stereocenters. The molecule has 0 saturated carbocycles. The van der Waals surface area contributed by atoms with Gasteiger partial charge in [0.05, 0.1) is 48.3 Å². The number of piperidine rings is 1. The number of anilines is 1. The minimum absolute atomic E-state index is 0.0527. The van der Waals surface area contributed by atoms with E-state index in [0.717, 1.165) is 45.5 Å². The zero-order valence-corrected chi connectivity index (χ0v) is 21.4. The lowest BCUT2D eigenvalue weighted by molar-refractivity contribution is -0.145. The largest absolute Gasteiger partial charge is 0.351 e. The number of piperazine rings is 1. The van der Waals surface area contributed by atoms with Gasteiger partial charge in [0.25, 0.3) is 0 Å². The number of aryl methyl sites for hydroxylation is 1. The molecular weight excluding hydrogens is 493 g/mol. The molecule has 1 amide bonds. The summed E-state index contributed by atoms with van der Waals surface area (Å²) in [5.74, 6) is 0.541. The number of fused-ring (bicyclic) bond motifs is 3. The number of carbonyl (C=O) groups excluding carboxylic acids is 1. The zero-order chi connectivity index (χ0) is 26.5. The van der Waals surface area contributed by atoms with Crippen LogP contribution >= 0.6 is 0 Å². The van der Waals surface area contributed by atoms with Gasteiger partial charge in [0, 0.05) is 49.0 Å². The van der Waals surface area contributed by atoms with Crippen molar-refractivity contribution >= 4 is 22.6 Å². The second kappa shape index (κ2) is 9.27. The Bertz CT molecular complexity index is 1690. The maximum atomic E-state index is 13.5. The van der Waals surface area contributed by atoms with Crippen molar-refractivity contribution in [2.24, 2.45) is 7.05 Å². The van der Waals surface area contributed by atoms with E-state index in [2.05, 4.69) is 27.1 Å². The smallest absolute Gasteiger partial charge is 0.227 e. The van der Waals surface area contributed by atoms with Crippen molar-refractivity contribution in [3.8, 4) is 22.4 Å². The molecule has 3 aliphatic rings. The molecule has 2 aromatic carbocycles. The Morgan fingerprint density at radius 3 is 2.59 bits per heavy atom. The maximum absolute atomic E-state index is 13.5. The van der Waals surface area contributed by atoms with E-state index in [1.54, 1.807) is 23.0 Å². The molecule has 2 bridgehead atoms. The molecule has 194 valence electrons. The number of carbonyl (C=O) groups is 1. The third-order valence-electron chi connectivity index (χ3n) is 7.72. The second-order valence-corrected chi connectivity index (χ2v) is 10.3. The first-order valence-corrected chi connectivity index (χ1v) is 13.0. The van der Waals surface area contributed by atoms with Crippen LogP contribution in [0.5, 0.6) is 0 Å². The van der Waals surface area contributed by atoms with Gasteiger partial charge in [-0.1, -0.05) is 18.2 Å². The van der Waals surface area contributed by atoms with E-state index in [1.807, 2.05) is 48.9 Å². The summed E-state index contributed by atoms with van der Waals surface area (Å²) in [5, 5.41) is 5.32. The Morgan fingerprint density at radius 2 is 1.85 bits per heavy atom. The Hall–Kier alpha value is -4.66. The van der Waals surface area contributed by atoms with E-state index in [0.29, 0.717) is 18.7 Å². The molecule has 6 heterocycles. The van der Waals surface area contributed by atoms with Gasteiger partial charge in [-0.3, -0.25) is 19.4 Å². The predicted octanol–water partition coefficient (Wildman–Crippen LogP) is 4.26. The van der Waals surface area contributed by atoms with Crippen LogP contribution < -0.4 is 4.90 Å². The molecule has 8 nitrogen and oxygen atoms in total. The summed E-state index contributed by atoms with van der Waals surface area (Å²) < 4.78 is 15.3. The molecule has 3 saturated heterocycles. The molecule has 0 radical (unpaired) electrons. The fourth-order valence-electron chi connectivity index (χ4n) is 5.87. The van der Waals surface area contributed by atoms with E-state index in [-0.39, 0.29) is 30.2 Å². The van der Waals surface area contributed by atoms with Gasteiger partial charge in [0.1, 0.15) is 11.6 Å². The molecular formula is C30H26FN7O. The van der Waals surface area contributed by atoms with Gasteiger partial charge in [-0.05, 0) is 47.9 Å². The lowest BCUT2D eigenvalue weighted by Crippen LogP contribution is -2.70. The number of amides is 1. The first kappa shape index (κ1) is 23.5. The number of rotatable bonds is 5. The minimum Gasteiger partial charge on any atom is -0.351 e. The lowest BCUT2D eigenvalue weighted by Gasteiger charge is -2.56.